The molecule has 1 aliphatic heterocycles. The Balaban J connectivity index is 1.29. The third kappa shape index (κ3) is 5.81. The Hall–Kier alpha value is -2.94. The number of amides is 1. The molecule has 3 N–H and O–H groups in total. The smallest absolute Gasteiger partial charge is 0.251 e. The van der Waals surface area contributed by atoms with Crippen LogP contribution >= 0.6 is 11.3 Å². The molecule has 8 heteroatoms. The number of hydrogen-bond donors (Lipinski definition) is 2. The largest absolute Gasteiger partial charge is 0.488 e. The highest BCUT2D eigenvalue weighted by Crippen LogP contribution is 2.31. The molecule has 0 radical (unpaired) electrons. The number of rotatable bonds is 8. The van der Waals surface area contributed by atoms with Crippen molar-refractivity contribution in [2.24, 2.45) is 0 Å². The highest BCUT2D eigenvalue weighted by Gasteiger charge is 2.12. The number of morpholine rings is 1. The Labute approximate surface area is 185 Å². The first-order chi connectivity index (χ1) is 15.2. The van der Waals surface area contributed by atoms with Crippen LogP contribution in [-0.4, -0.2) is 55.2 Å². The fraction of sp³-hybridized carbons (Fsp3) is 0.304. The Morgan fingerprint density at radius 1 is 1.16 bits per heavy atom. The molecule has 4 rings (SSSR count). The number of benzene rings is 2. The van der Waals surface area contributed by atoms with E-state index in [-0.39, 0.29) is 5.91 Å². The van der Waals surface area contributed by atoms with Crippen LogP contribution in [0.5, 0.6) is 5.75 Å². The minimum absolute atomic E-state index is 0.0628. The molecule has 31 heavy (non-hydrogen) atoms. The molecule has 7 nitrogen and oxygen atoms in total. The summed E-state index contributed by atoms with van der Waals surface area (Å²) in [6.07, 6.45) is 0. The Morgan fingerprint density at radius 2 is 1.94 bits per heavy atom. The molecule has 1 aromatic heterocycles. The summed E-state index contributed by atoms with van der Waals surface area (Å²) in [4.78, 5) is 19.0. The van der Waals surface area contributed by atoms with Crippen LogP contribution in [0.15, 0.2) is 53.9 Å². The van der Waals surface area contributed by atoms with Gasteiger partial charge in [-0.2, -0.15) is 0 Å². The molecule has 0 atom stereocenters. The summed E-state index contributed by atoms with van der Waals surface area (Å²) in [6, 6.07) is 15.3. The molecule has 1 saturated heterocycles. The van der Waals surface area contributed by atoms with E-state index < -0.39 is 0 Å². The molecule has 0 saturated carbocycles. The number of anilines is 1. The molecule has 162 valence electrons. The highest BCUT2D eigenvalue weighted by molar-refractivity contribution is 7.13. The molecular formula is C23H26N4O3S. The van der Waals surface area contributed by atoms with Crippen molar-refractivity contribution in [2.75, 3.05) is 45.1 Å². The van der Waals surface area contributed by atoms with Gasteiger partial charge >= 0.3 is 0 Å². The number of thiazole rings is 1. The fourth-order valence-electron chi connectivity index (χ4n) is 3.38. The van der Waals surface area contributed by atoms with Crippen LogP contribution in [0.4, 0.5) is 5.13 Å². The number of aromatic nitrogens is 1. The van der Waals surface area contributed by atoms with Crippen molar-refractivity contribution in [3.8, 4) is 17.0 Å². The number of hydrogen-bond acceptors (Lipinski definition) is 7. The number of carbonyl (C=O) groups excluding carboxylic acids is 1. The predicted molar refractivity (Wildman–Crippen MR) is 122 cm³/mol. The summed E-state index contributed by atoms with van der Waals surface area (Å²) in [6.45, 7) is 5.23. The first-order valence-corrected chi connectivity index (χ1v) is 11.2. The summed E-state index contributed by atoms with van der Waals surface area (Å²) < 4.78 is 11.4. The van der Waals surface area contributed by atoms with Crippen LogP contribution in [0.2, 0.25) is 0 Å². The number of nitrogens with zero attached hydrogens (tertiary/aromatic N) is 2. The lowest BCUT2D eigenvalue weighted by Crippen LogP contribution is -2.41. The van der Waals surface area contributed by atoms with Crippen molar-refractivity contribution in [1.82, 2.24) is 15.2 Å². The maximum atomic E-state index is 12.4. The van der Waals surface area contributed by atoms with Gasteiger partial charge in [0, 0.05) is 42.7 Å². The Bertz CT molecular complexity index is 1000. The van der Waals surface area contributed by atoms with E-state index in [1.54, 1.807) is 0 Å². The average molecular weight is 439 g/mol. The zero-order valence-corrected chi connectivity index (χ0v) is 18.1. The zero-order valence-electron chi connectivity index (χ0n) is 17.3. The summed E-state index contributed by atoms with van der Waals surface area (Å²) in [5, 5.41) is 5.43. The molecular weight excluding hydrogens is 412 g/mol. The van der Waals surface area contributed by atoms with Gasteiger partial charge in [-0.25, -0.2) is 4.98 Å². The van der Waals surface area contributed by atoms with Gasteiger partial charge in [0.05, 0.1) is 18.9 Å². The fourth-order valence-corrected chi connectivity index (χ4v) is 3.95. The molecule has 3 aromatic rings. The molecule has 0 unspecified atom stereocenters. The molecule has 0 bridgehead atoms. The predicted octanol–water partition coefficient (Wildman–Crippen LogP) is 3.03. The molecule has 1 fully saturated rings. The topological polar surface area (TPSA) is 89.7 Å². The van der Waals surface area contributed by atoms with Gasteiger partial charge in [-0.15, -0.1) is 11.3 Å². The van der Waals surface area contributed by atoms with Gasteiger partial charge < -0.3 is 20.5 Å². The van der Waals surface area contributed by atoms with Crippen molar-refractivity contribution in [3.63, 3.8) is 0 Å². The number of para-hydroxylation sites is 1. The van der Waals surface area contributed by atoms with Gasteiger partial charge in [0.2, 0.25) is 0 Å². The van der Waals surface area contributed by atoms with Crippen molar-refractivity contribution in [2.45, 2.75) is 6.61 Å². The minimum atomic E-state index is -0.0628. The van der Waals surface area contributed by atoms with Crippen LogP contribution in [0.3, 0.4) is 0 Å². The van der Waals surface area contributed by atoms with Gasteiger partial charge in [-0.3, -0.25) is 9.69 Å². The van der Waals surface area contributed by atoms with Crippen molar-refractivity contribution in [3.05, 3.63) is 65.0 Å². The lowest BCUT2D eigenvalue weighted by molar-refractivity contribution is 0.0383. The quantitative estimate of drug-likeness (QED) is 0.562. The summed E-state index contributed by atoms with van der Waals surface area (Å²) in [7, 11) is 0. The second-order valence-corrected chi connectivity index (χ2v) is 8.15. The van der Waals surface area contributed by atoms with E-state index in [1.807, 2.05) is 53.9 Å². The van der Waals surface area contributed by atoms with Gasteiger partial charge in [0.25, 0.3) is 5.91 Å². The van der Waals surface area contributed by atoms with Gasteiger partial charge in [0.1, 0.15) is 12.4 Å². The molecule has 2 aromatic carbocycles. The zero-order chi connectivity index (χ0) is 21.5. The number of nitrogens with one attached hydrogen (secondary N) is 1. The summed E-state index contributed by atoms with van der Waals surface area (Å²) in [5.41, 5.74) is 9.11. The standard InChI is InChI=1S/C23H26N4O3S/c24-23-26-20(16-31-23)19-3-1-2-4-21(19)30-15-17-5-7-18(8-6-17)22(28)25-9-10-27-11-13-29-14-12-27/h1-8,16H,9-15H2,(H2,24,26)(H,25,28). The number of carbonyl (C=O) groups is 1. The van der Waals surface area contributed by atoms with Crippen LogP contribution in [0.25, 0.3) is 11.3 Å². The third-order valence-electron chi connectivity index (χ3n) is 5.11. The van der Waals surface area contributed by atoms with Crippen LogP contribution in [0, 0.1) is 0 Å². The van der Waals surface area contributed by atoms with Crippen LogP contribution < -0.4 is 15.8 Å². The average Bonchev–Trinajstić information content (AvgIpc) is 3.25. The normalized spacial score (nSPS) is 14.3. The minimum Gasteiger partial charge on any atom is -0.488 e. The number of nitrogens with two attached hydrogens (primary N) is 1. The van der Waals surface area contributed by atoms with Crippen molar-refractivity contribution in [1.29, 1.82) is 0 Å². The summed E-state index contributed by atoms with van der Waals surface area (Å²) in [5.74, 6) is 0.685. The summed E-state index contributed by atoms with van der Waals surface area (Å²) >= 11 is 1.41. The monoisotopic (exact) mass is 438 g/mol. The maximum Gasteiger partial charge on any atom is 0.251 e. The van der Waals surface area contributed by atoms with Gasteiger partial charge in [-0.05, 0) is 29.8 Å². The van der Waals surface area contributed by atoms with E-state index >= 15 is 0 Å². The van der Waals surface area contributed by atoms with Crippen molar-refractivity contribution < 1.29 is 14.3 Å². The lowest BCUT2D eigenvalue weighted by atomic mass is 10.1. The van der Waals surface area contributed by atoms with Gasteiger partial charge in [-0.1, -0.05) is 24.3 Å². The van der Waals surface area contributed by atoms with E-state index in [2.05, 4.69) is 15.2 Å². The molecule has 1 aliphatic rings. The maximum absolute atomic E-state index is 12.4. The van der Waals surface area contributed by atoms with E-state index in [0.717, 1.165) is 55.4 Å². The number of nitrogen functional groups attached to an aromatic ring is 1. The SMILES string of the molecule is Nc1nc(-c2ccccc2OCc2ccc(C(=O)NCCN3CCOCC3)cc2)cs1. The Morgan fingerprint density at radius 3 is 2.68 bits per heavy atom. The van der Waals surface area contributed by atoms with E-state index in [1.165, 1.54) is 11.3 Å². The molecule has 0 aliphatic carbocycles. The molecule has 2 heterocycles. The van der Waals surface area contributed by atoms with E-state index in [0.29, 0.717) is 23.8 Å². The molecule has 0 spiro atoms. The van der Waals surface area contributed by atoms with E-state index in [4.69, 9.17) is 15.2 Å². The highest BCUT2D eigenvalue weighted by atomic mass is 32.1. The van der Waals surface area contributed by atoms with Crippen LogP contribution in [-0.2, 0) is 11.3 Å². The molecule has 1 amide bonds. The first-order valence-electron chi connectivity index (χ1n) is 10.3. The lowest BCUT2D eigenvalue weighted by Gasteiger charge is -2.26. The van der Waals surface area contributed by atoms with E-state index in [9.17, 15) is 4.79 Å². The third-order valence-corrected chi connectivity index (χ3v) is 5.79. The number of ether oxygens (including phenoxy) is 2. The van der Waals surface area contributed by atoms with Crippen LogP contribution in [0.1, 0.15) is 15.9 Å². The second-order valence-electron chi connectivity index (χ2n) is 7.26. The van der Waals surface area contributed by atoms with Gasteiger partial charge in [0.15, 0.2) is 5.13 Å². The Kier molecular flexibility index (Phi) is 7.14. The second kappa shape index (κ2) is 10.4. The first kappa shape index (κ1) is 21.3. The van der Waals surface area contributed by atoms with Crippen molar-refractivity contribution >= 4 is 22.4 Å².